The van der Waals surface area contributed by atoms with Gasteiger partial charge in [-0.05, 0) is 78.3 Å². The second-order valence-electron chi connectivity index (χ2n) is 12.2. The summed E-state index contributed by atoms with van der Waals surface area (Å²) < 4.78 is 137. The Kier molecular flexibility index (Phi) is 10.4. The molecule has 0 aliphatic heterocycles. The van der Waals surface area contributed by atoms with Crippen molar-refractivity contribution in [2.45, 2.75) is 19.6 Å². The molecule has 1 heterocycles. The van der Waals surface area contributed by atoms with E-state index < -0.39 is 60.1 Å². The zero-order valence-electron chi connectivity index (χ0n) is 28.9. The fraction of sp³-hybridized carbons (Fsp3) is 0. The quantitative estimate of drug-likeness (QED) is 0.0539. The van der Waals surface area contributed by atoms with Gasteiger partial charge in [0, 0.05) is 38.0 Å². The van der Waals surface area contributed by atoms with Crippen molar-refractivity contribution in [1.29, 1.82) is 5.41 Å². The molecule has 59 heavy (non-hydrogen) atoms. The number of aromatic amines is 1. The number of hydrogen-bond donors (Lipinski definition) is 7. The van der Waals surface area contributed by atoms with E-state index in [-0.39, 0.29) is 66.5 Å². The number of nitrogens with one attached hydrogen (secondary N) is 3. The largest absolute Gasteiger partial charge is 0.325 e. The molecule has 21 nitrogen and oxygen atoms in total. The Balaban J connectivity index is 1.36. The normalized spacial score (nSPS) is 13.0. The predicted octanol–water partition coefficient (Wildman–Crippen LogP) is 6.96. The highest BCUT2D eigenvalue weighted by molar-refractivity contribution is 7.86. The average molecular weight is 900 g/mol. The Hall–Kier alpha value is -6.16. The molecule has 0 radical (unpaired) electrons. The van der Waals surface area contributed by atoms with E-state index in [2.05, 4.69) is 40.7 Å². The number of nitrogens with zero attached hydrogens (tertiary/aromatic N) is 6. The van der Waals surface area contributed by atoms with Crippen LogP contribution in [0, 0.1) is 5.41 Å². The maximum Gasteiger partial charge on any atom is 0.295 e. The van der Waals surface area contributed by atoms with Crippen molar-refractivity contribution >= 4 is 119 Å². The lowest BCUT2D eigenvalue weighted by Gasteiger charge is -2.12. The molecule has 6 aromatic carbocycles. The van der Waals surface area contributed by atoms with Crippen LogP contribution in [-0.4, -0.2) is 66.8 Å². The van der Waals surface area contributed by atoms with Gasteiger partial charge in [0.15, 0.2) is 0 Å². The Morgan fingerprint density at radius 3 is 1.66 bits per heavy atom. The number of azo groups is 2. The van der Waals surface area contributed by atoms with Gasteiger partial charge in [-0.3, -0.25) is 28.6 Å². The summed E-state index contributed by atoms with van der Waals surface area (Å²) in [4.78, 5) is 7.68. The number of rotatable bonds is 10. The third kappa shape index (κ3) is 8.67. The Morgan fingerprint density at radius 2 is 1.08 bits per heavy atom. The first-order valence-corrected chi connectivity index (χ1v) is 22.1. The highest BCUT2D eigenvalue weighted by atomic mass is 35.5. The average Bonchev–Trinajstić information content (AvgIpc) is 3.14. The molecule has 0 spiro atoms. The van der Waals surface area contributed by atoms with Crippen molar-refractivity contribution < 1.29 is 51.9 Å². The van der Waals surface area contributed by atoms with E-state index in [1.807, 2.05) is 0 Å². The molecular formula is C33H22ClN9O12S4. The van der Waals surface area contributed by atoms with Gasteiger partial charge in [-0.2, -0.15) is 48.8 Å². The molecule has 0 unspecified atom stereocenters. The summed E-state index contributed by atoms with van der Waals surface area (Å²) in [5, 5.41) is 27.3. The number of H-pyrrole nitrogens is 1. The van der Waals surface area contributed by atoms with Crippen molar-refractivity contribution in [1.82, 2.24) is 15.0 Å². The van der Waals surface area contributed by atoms with Crippen LogP contribution in [0.2, 0.25) is 5.28 Å². The van der Waals surface area contributed by atoms with E-state index in [4.69, 9.17) is 17.0 Å². The van der Waals surface area contributed by atoms with Gasteiger partial charge in [0.25, 0.3) is 40.5 Å². The van der Waals surface area contributed by atoms with Crippen molar-refractivity contribution in [2.75, 3.05) is 5.32 Å². The molecule has 0 atom stereocenters. The van der Waals surface area contributed by atoms with Crippen LogP contribution in [0.15, 0.2) is 131 Å². The molecule has 0 bridgehead atoms. The molecule has 0 amide bonds. The lowest BCUT2D eigenvalue weighted by molar-refractivity contribution is 0.481. The minimum absolute atomic E-state index is 0.00123. The van der Waals surface area contributed by atoms with E-state index in [0.717, 1.165) is 48.5 Å². The van der Waals surface area contributed by atoms with Crippen molar-refractivity contribution in [2.24, 2.45) is 20.5 Å². The van der Waals surface area contributed by atoms with E-state index in [1.54, 1.807) is 0 Å². The third-order valence-electron chi connectivity index (χ3n) is 8.40. The number of fused-ring (bicyclic) bond motifs is 3. The summed E-state index contributed by atoms with van der Waals surface area (Å²) in [5.74, 6) is 0.0137. The standard InChI is InChI=1S/C33H22ClN9O12S4/c34-31-37-32(35)39-33(38-31)36-25-8-9-28(22-14-17(56(44,45)46)4-6-19(22)25)43-42-26-10-11-27(23-15-18(57(47,48)49)5-7-20(23)26)41-40-16-12-24-21(30(13-16)59(53,54)55)2-1-3-29(24)58(50,51)52/h1-15H,(H,44,45,46)(H,47,48,49)(H,50,51,52)(H,53,54,55)(H3,35,36,37,38,39). The predicted molar refractivity (Wildman–Crippen MR) is 210 cm³/mol. The zero-order chi connectivity index (χ0) is 42.7. The summed E-state index contributed by atoms with van der Waals surface area (Å²) in [5.41, 5.74) is -0.241. The maximum absolute atomic E-state index is 12.3. The first kappa shape index (κ1) is 41.0. The summed E-state index contributed by atoms with van der Waals surface area (Å²) in [6, 6.07) is 17.9. The highest BCUT2D eigenvalue weighted by Crippen LogP contribution is 2.40. The van der Waals surface area contributed by atoms with Crippen LogP contribution in [0.3, 0.4) is 0 Å². The van der Waals surface area contributed by atoms with Gasteiger partial charge < -0.3 is 5.32 Å². The van der Waals surface area contributed by atoms with Gasteiger partial charge in [0.05, 0.1) is 32.5 Å². The minimum Gasteiger partial charge on any atom is -0.325 e. The Labute approximate surface area is 336 Å². The lowest BCUT2D eigenvalue weighted by Crippen LogP contribution is -2.14. The summed E-state index contributed by atoms with van der Waals surface area (Å²) in [7, 11) is -19.4. The van der Waals surface area contributed by atoms with Gasteiger partial charge in [-0.15, -0.1) is 15.3 Å². The van der Waals surface area contributed by atoms with Gasteiger partial charge in [-0.1, -0.05) is 24.3 Å². The molecule has 26 heteroatoms. The van der Waals surface area contributed by atoms with Crippen LogP contribution in [0.25, 0.3) is 32.3 Å². The number of benzene rings is 6. The molecule has 0 aliphatic carbocycles. The highest BCUT2D eigenvalue weighted by Gasteiger charge is 2.22. The molecule has 302 valence electrons. The SMILES string of the molecule is N=c1nc(Cl)nc(Nc2ccc(N=Nc3ccc(N=Nc4cc(S(=O)(=O)O)c5cccc(S(=O)(=O)O)c5c4)c4cc(S(=O)(=O)O)ccc34)c3cc(S(=O)(=O)O)ccc23)[nH]1. The molecule has 7 rings (SSSR count). The third-order valence-corrected chi connectivity index (χ3v) is 12.1. The maximum atomic E-state index is 12.3. The molecule has 7 aromatic rings. The molecule has 1 aromatic heterocycles. The topological polar surface area (TPSA) is 344 Å². The van der Waals surface area contributed by atoms with E-state index >= 15 is 0 Å². The van der Waals surface area contributed by atoms with Crippen molar-refractivity contribution in [3.8, 4) is 0 Å². The number of aromatic nitrogens is 3. The van der Waals surface area contributed by atoms with E-state index in [9.17, 15) is 51.9 Å². The van der Waals surface area contributed by atoms with Crippen LogP contribution >= 0.6 is 11.6 Å². The molecule has 0 saturated heterocycles. The first-order valence-electron chi connectivity index (χ1n) is 16.0. The molecule has 0 fully saturated rings. The summed E-state index contributed by atoms with van der Waals surface area (Å²) >= 11 is 5.88. The van der Waals surface area contributed by atoms with Gasteiger partial charge in [0.2, 0.25) is 16.9 Å². The fourth-order valence-corrected chi connectivity index (χ4v) is 8.49. The lowest BCUT2D eigenvalue weighted by atomic mass is 10.1. The first-order chi connectivity index (χ1) is 27.6. The van der Waals surface area contributed by atoms with Crippen molar-refractivity contribution in [3.05, 3.63) is 102 Å². The molecule has 7 N–H and O–H groups in total. The van der Waals surface area contributed by atoms with Crippen LogP contribution < -0.4 is 10.9 Å². The fourth-order valence-electron chi connectivity index (χ4n) is 5.89. The number of hydrogen-bond acceptors (Lipinski definition) is 16. The second-order valence-corrected chi connectivity index (χ2v) is 18.1. The zero-order valence-corrected chi connectivity index (χ0v) is 32.9. The summed E-state index contributed by atoms with van der Waals surface area (Å²) in [6.07, 6.45) is 0. The Bertz CT molecular complexity index is 3530. The van der Waals surface area contributed by atoms with Gasteiger partial charge >= 0.3 is 0 Å². The van der Waals surface area contributed by atoms with Crippen LogP contribution in [0.4, 0.5) is 34.4 Å². The molecule has 0 aliphatic rings. The van der Waals surface area contributed by atoms with Crippen LogP contribution in [-0.2, 0) is 40.5 Å². The minimum atomic E-state index is -4.99. The Morgan fingerprint density at radius 1 is 0.542 bits per heavy atom. The molecule has 0 saturated carbocycles. The smallest absolute Gasteiger partial charge is 0.295 e. The van der Waals surface area contributed by atoms with Gasteiger partial charge in [0.1, 0.15) is 9.79 Å². The van der Waals surface area contributed by atoms with Crippen LogP contribution in [0.5, 0.6) is 0 Å². The van der Waals surface area contributed by atoms with E-state index in [1.165, 1.54) is 42.5 Å². The van der Waals surface area contributed by atoms with Gasteiger partial charge in [-0.25, -0.2) is 0 Å². The van der Waals surface area contributed by atoms with Crippen molar-refractivity contribution in [3.63, 3.8) is 0 Å². The molecular weight excluding hydrogens is 878 g/mol. The summed E-state index contributed by atoms with van der Waals surface area (Å²) in [6.45, 7) is 0. The van der Waals surface area contributed by atoms with Crippen LogP contribution in [0.1, 0.15) is 0 Å². The number of anilines is 2. The monoisotopic (exact) mass is 899 g/mol. The number of halogens is 1. The van der Waals surface area contributed by atoms with E-state index in [0.29, 0.717) is 11.1 Å². The second kappa shape index (κ2) is 14.9.